The van der Waals surface area contributed by atoms with Crippen LogP contribution in [-0.2, 0) is 15.1 Å². The van der Waals surface area contributed by atoms with Crippen molar-refractivity contribution in [1.29, 1.82) is 0 Å². The smallest absolute Gasteiger partial charge is 0.309 e. The highest BCUT2D eigenvalue weighted by Crippen LogP contribution is 2.46. The highest BCUT2D eigenvalue weighted by Gasteiger charge is 2.48. The van der Waals surface area contributed by atoms with Crippen LogP contribution in [-0.4, -0.2) is 17.2 Å². The van der Waals surface area contributed by atoms with Gasteiger partial charge in [0.15, 0.2) is 0 Å². The van der Waals surface area contributed by atoms with Crippen molar-refractivity contribution >= 4 is 5.97 Å². The SMILES string of the molecule is CC(C)OC(=O)C1CC(O)(c2ccccc2)C1. The van der Waals surface area contributed by atoms with E-state index in [2.05, 4.69) is 0 Å². The van der Waals surface area contributed by atoms with E-state index in [1.165, 1.54) is 0 Å². The molecule has 0 atom stereocenters. The predicted molar refractivity (Wildman–Crippen MR) is 64.3 cm³/mol. The Labute approximate surface area is 101 Å². The average molecular weight is 234 g/mol. The van der Waals surface area contributed by atoms with Crippen molar-refractivity contribution in [2.24, 2.45) is 5.92 Å². The molecule has 0 bridgehead atoms. The number of carbonyl (C=O) groups excluding carboxylic acids is 1. The Kier molecular flexibility index (Phi) is 3.20. The molecule has 0 amide bonds. The van der Waals surface area contributed by atoms with E-state index in [-0.39, 0.29) is 18.0 Å². The molecule has 0 saturated heterocycles. The Balaban J connectivity index is 1.96. The fourth-order valence-electron chi connectivity index (χ4n) is 2.23. The first-order valence-electron chi connectivity index (χ1n) is 6.00. The quantitative estimate of drug-likeness (QED) is 0.816. The van der Waals surface area contributed by atoms with Gasteiger partial charge in [0.05, 0.1) is 17.6 Å². The van der Waals surface area contributed by atoms with Crippen LogP contribution in [0.2, 0.25) is 0 Å². The van der Waals surface area contributed by atoms with E-state index in [0.717, 1.165) is 5.56 Å². The third-order valence-electron chi connectivity index (χ3n) is 3.16. The molecule has 1 aromatic rings. The molecule has 0 unspecified atom stereocenters. The minimum atomic E-state index is -0.845. The van der Waals surface area contributed by atoms with Crippen LogP contribution in [0.25, 0.3) is 0 Å². The summed E-state index contributed by atoms with van der Waals surface area (Å²) in [4.78, 5) is 11.6. The van der Waals surface area contributed by atoms with E-state index in [9.17, 15) is 9.90 Å². The maximum Gasteiger partial charge on any atom is 0.309 e. The summed E-state index contributed by atoms with van der Waals surface area (Å²) < 4.78 is 5.13. The van der Waals surface area contributed by atoms with Crippen molar-refractivity contribution < 1.29 is 14.6 Å². The Hall–Kier alpha value is -1.35. The third kappa shape index (κ3) is 2.50. The minimum absolute atomic E-state index is 0.0899. The number of hydrogen-bond donors (Lipinski definition) is 1. The molecule has 17 heavy (non-hydrogen) atoms. The third-order valence-corrected chi connectivity index (χ3v) is 3.16. The zero-order chi connectivity index (χ0) is 12.5. The average Bonchev–Trinajstić information content (AvgIpc) is 2.25. The molecule has 1 aliphatic rings. The Morgan fingerprint density at radius 1 is 1.35 bits per heavy atom. The molecule has 3 nitrogen and oxygen atoms in total. The summed E-state index contributed by atoms with van der Waals surface area (Å²) in [6, 6.07) is 9.49. The maximum atomic E-state index is 11.6. The normalized spacial score (nSPS) is 27.6. The van der Waals surface area contributed by atoms with Crippen LogP contribution in [0.4, 0.5) is 0 Å². The summed E-state index contributed by atoms with van der Waals surface area (Å²) in [5, 5.41) is 10.3. The lowest BCUT2D eigenvalue weighted by Crippen LogP contribution is -2.45. The molecule has 1 N–H and O–H groups in total. The van der Waals surface area contributed by atoms with Crippen molar-refractivity contribution in [3.8, 4) is 0 Å². The van der Waals surface area contributed by atoms with Crippen LogP contribution in [0, 0.1) is 5.92 Å². The zero-order valence-corrected chi connectivity index (χ0v) is 10.2. The van der Waals surface area contributed by atoms with Crippen LogP contribution in [0.3, 0.4) is 0 Å². The lowest BCUT2D eigenvalue weighted by atomic mass is 9.67. The summed E-state index contributed by atoms with van der Waals surface area (Å²) >= 11 is 0. The van der Waals surface area contributed by atoms with Crippen LogP contribution in [0.1, 0.15) is 32.3 Å². The number of esters is 1. The van der Waals surface area contributed by atoms with Gasteiger partial charge < -0.3 is 9.84 Å². The lowest BCUT2D eigenvalue weighted by molar-refractivity contribution is -0.169. The number of aliphatic hydroxyl groups is 1. The second-order valence-electron chi connectivity index (χ2n) is 4.99. The van der Waals surface area contributed by atoms with Gasteiger partial charge in [-0.3, -0.25) is 4.79 Å². The monoisotopic (exact) mass is 234 g/mol. The van der Waals surface area contributed by atoms with E-state index < -0.39 is 5.60 Å². The summed E-state index contributed by atoms with van der Waals surface area (Å²) in [7, 11) is 0. The van der Waals surface area contributed by atoms with E-state index in [1.54, 1.807) is 0 Å². The van der Waals surface area contributed by atoms with Gasteiger partial charge in [0.25, 0.3) is 0 Å². The number of rotatable bonds is 3. The molecule has 1 saturated carbocycles. The van der Waals surface area contributed by atoms with Gasteiger partial charge in [-0.1, -0.05) is 30.3 Å². The first-order chi connectivity index (χ1) is 8.01. The van der Waals surface area contributed by atoms with Crippen molar-refractivity contribution in [3.63, 3.8) is 0 Å². The van der Waals surface area contributed by atoms with E-state index in [0.29, 0.717) is 12.8 Å². The van der Waals surface area contributed by atoms with E-state index in [4.69, 9.17) is 4.74 Å². The molecule has 0 heterocycles. The molecule has 0 aliphatic heterocycles. The molecule has 3 heteroatoms. The van der Waals surface area contributed by atoms with Crippen LogP contribution in [0.5, 0.6) is 0 Å². The number of hydrogen-bond acceptors (Lipinski definition) is 3. The van der Waals surface area contributed by atoms with Gasteiger partial charge in [0.2, 0.25) is 0 Å². The fraction of sp³-hybridized carbons (Fsp3) is 0.500. The van der Waals surface area contributed by atoms with Crippen LogP contribution >= 0.6 is 0 Å². The molecule has 0 aromatic heterocycles. The van der Waals surface area contributed by atoms with Gasteiger partial charge in [0.1, 0.15) is 0 Å². The topological polar surface area (TPSA) is 46.5 Å². The second kappa shape index (κ2) is 4.49. The molecule has 2 rings (SSSR count). The van der Waals surface area contributed by atoms with Gasteiger partial charge in [0, 0.05) is 0 Å². The Morgan fingerprint density at radius 3 is 2.47 bits per heavy atom. The summed E-state index contributed by atoms with van der Waals surface area (Å²) in [5.41, 5.74) is 0.0376. The van der Waals surface area contributed by atoms with Crippen molar-refractivity contribution in [1.82, 2.24) is 0 Å². The zero-order valence-electron chi connectivity index (χ0n) is 10.2. The van der Waals surface area contributed by atoms with Crippen molar-refractivity contribution in [2.75, 3.05) is 0 Å². The fourth-order valence-corrected chi connectivity index (χ4v) is 2.23. The van der Waals surface area contributed by atoms with Gasteiger partial charge in [-0.2, -0.15) is 0 Å². The van der Waals surface area contributed by atoms with E-state index in [1.807, 2.05) is 44.2 Å². The molecular weight excluding hydrogens is 216 g/mol. The van der Waals surface area contributed by atoms with Crippen molar-refractivity contribution in [3.05, 3.63) is 35.9 Å². The molecule has 1 aromatic carbocycles. The van der Waals surface area contributed by atoms with Crippen LogP contribution in [0.15, 0.2) is 30.3 Å². The highest BCUT2D eigenvalue weighted by molar-refractivity contribution is 5.74. The Bertz CT molecular complexity index is 391. The number of carbonyl (C=O) groups is 1. The van der Waals surface area contributed by atoms with Crippen LogP contribution < -0.4 is 0 Å². The number of benzene rings is 1. The number of ether oxygens (including phenoxy) is 1. The largest absolute Gasteiger partial charge is 0.463 e. The predicted octanol–water partition coefficient (Wildman–Crippen LogP) is 2.24. The molecular formula is C14H18O3. The molecule has 0 spiro atoms. The summed E-state index contributed by atoms with van der Waals surface area (Å²) in [5.74, 6) is -0.358. The second-order valence-corrected chi connectivity index (χ2v) is 4.99. The summed E-state index contributed by atoms with van der Waals surface area (Å²) in [6.07, 6.45) is 0.832. The first kappa shape index (κ1) is 12.1. The molecule has 92 valence electrons. The van der Waals surface area contributed by atoms with Crippen molar-refractivity contribution in [2.45, 2.75) is 38.4 Å². The lowest BCUT2D eigenvalue weighted by Gasteiger charge is -2.42. The van der Waals surface area contributed by atoms with Gasteiger partial charge in [-0.05, 0) is 32.3 Å². The molecule has 0 radical (unpaired) electrons. The highest BCUT2D eigenvalue weighted by atomic mass is 16.5. The standard InChI is InChI=1S/C14H18O3/c1-10(2)17-13(15)11-8-14(16,9-11)12-6-4-3-5-7-12/h3-7,10-11,16H,8-9H2,1-2H3. The Morgan fingerprint density at radius 2 is 1.94 bits per heavy atom. The van der Waals surface area contributed by atoms with Gasteiger partial charge in [-0.25, -0.2) is 0 Å². The van der Waals surface area contributed by atoms with E-state index >= 15 is 0 Å². The molecule has 1 fully saturated rings. The maximum absolute atomic E-state index is 11.6. The minimum Gasteiger partial charge on any atom is -0.463 e. The van der Waals surface area contributed by atoms with Gasteiger partial charge >= 0.3 is 5.97 Å². The van der Waals surface area contributed by atoms with Gasteiger partial charge in [-0.15, -0.1) is 0 Å². The molecule has 1 aliphatic carbocycles. The first-order valence-corrected chi connectivity index (χ1v) is 6.00. The summed E-state index contributed by atoms with van der Waals surface area (Å²) in [6.45, 7) is 3.67.